The molecule has 1 fully saturated rings. The van der Waals surface area contributed by atoms with E-state index < -0.39 is 11.9 Å². The summed E-state index contributed by atoms with van der Waals surface area (Å²) in [5.74, 6) is -0.0648. The summed E-state index contributed by atoms with van der Waals surface area (Å²) in [4.78, 5) is 26.0. The first-order valence-corrected chi connectivity index (χ1v) is 10.8. The number of amides is 1. The summed E-state index contributed by atoms with van der Waals surface area (Å²) in [5.41, 5.74) is 1.34. The number of aromatic nitrogens is 2. The van der Waals surface area contributed by atoms with Crippen LogP contribution in [0.5, 0.6) is 5.75 Å². The van der Waals surface area contributed by atoms with Gasteiger partial charge in [0.2, 0.25) is 5.91 Å². The number of ether oxygens (including phenoxy) is 1. The van der Waals surface area contributed by atoms with E-state index in [9.17, 15) is 14.0 Å². The van der Waals surface area contributed by atoms with Gasteiger partial charge in [0, 0.05) is 24.2 Å². The second kappa shape index (κ2) is 9.30. The minimum Gasteiger partial charge on any atom is -0.478 e. The van der Waals surface area contributed by atoms with Crippen LogP contribution >= 0.6 is 11.8 Å². The molecule has 9 heteroatoms. The van der Waals surface area contributed by atoms with E-state index in [2.05, 4.69) is 10.2 Å². The van der Waals surface area contributed by atoms with E-state index in [1.807, 2.05) is 0 Å². The van der Waals surface area contributed by atoms with Gasteiger partial charge in [-0.25, -0.2) is 4.39 Å². The van der Waals surface area contributed by atoms with Crippen LogP contribution in [0.1, 0.15) is 42.1 Å². The molecular weight excluding hydrogens is 421 g/mol. The first kappa shape index (κ1) is 21.0. The average molecular weight is 441 g/mol. The van der Waals surface area contributed by atoms with Gasteiger partial charge in [-0.15, -0.1) is 10.2 Å². The lowest BCUT2D eigenvalue weighted by atomic mass is 10.1. The molecule has 0 N–H and O–H groups in total. The largest absolute Gasteiger partial charge is 0.478 e. The van der Waals surface area contributed by atoms with Gasteiger partial charge < -0.3 is 14.1 Å². The van der Waals surface area contributed by atoms with E-state index in [1.165, 1.54) is 12.1 Å². The van der Waals surface area contributed by atoms with Crippen molar-refractivity contribution in [1.29, 1.82) is 0 Å². The smallest absolute Gasteiger partial charge is 0.277 e. The van der Waals surface area contributed by atoms with Crippen LogP contribution in [0.2, 0.25) is 0 Å². The van der Waals surface area contributed by atoms with Crippen molar-refractivity contribution in [3.8, 4) is 5.75 Å². The molecule has 1 saturated heterocycles. The molecular formula is C22H20FN3O4S. The van der Waals surface area contributed by atoms with Gasteiger partial charge in [0.05, 0.1) is 5.75 Å². The highest BCUT2D eigenvalue weighted by molar-refractivity contribution is 7.99. The molecule has 2 heterocycles. The molecule has 3 aromatic rings. The zero-order valence-corrected chi connectivity index (χ0v) is 17.6. The van der Waals surface area contributed by atoms with Crippen LogP contribution in [-0.4, -0.2) is 34.2 Å². The molecule has 0 spiro atoms. The molecule has 0 bridgehead atoms. The minimum absolute atomic E-state index is 0.0941. The van der Waals surface area contributed by atoms with Crippen LogP contribution in [-0.2, 0) is 4.79 Å². The quantitative estimate of drug-likeness (QED) is 0.377. The van der Waals surface area contributed by atoms with Crippen molar-refractivity contribution in [2.45, 2.75) is 31.1 Å². The fourth-order valence-electron chi connectivity index (χ4n) is 3.18. The SMILES string of the molecule is CC(Oc1ccccc1F)c1nnc(SCC(=O)c2ccc(N3CCCC3=O)cc2)o1. The number of anilines is 1. The lowest BCUT2D eigenvalue weighted by molar-refractivity contribution is -0.117. The van der Waals surface area contributed by atoms with E-state index in [1.54, 1.807) is 48.2 Å². The third-order valence-electron chi connectivity index (χ3n) is 4.81. The second-order valence-electron chi connectivity index (χ2n) is 7.00. The van der Waals surface area contributed by atoms with E-state index >= 15 is 0 Å². The summed E-state index contributed by atoms with van der Waals surface area (Å²) in [6.45, 7) is 2.38. The fourth-order valence-corrected chi connectivity index (χ4v) is 3.85. The number of halogens is 1. The second-order valence-corrected chi connectivity index (χ2v) is 7.93. The van der Waals surface area contributed by atoms with Crippen molar-refractivity contribution in [2.75, 3.05) is 17.2 Å². The van der Waals surface area contributed by atoms with Crippen molar-refractivity contribution < 1.29 is 23.1 Å². The number of ketones is 1. The molecule has 1 atom stereocenters. The predicted molar refractivity (Wildman–Crippen MR) is 113 cm³/mol. The standard InChI is InChI=1S/C22H20FN3O4S/c1-14(29-19-6-3-2-5-17(19)23)21-24-25-22(30-21)31-13-18(27)15-8-10-16(11-9-15)26-12-4-7-20(26)28/h2-3,5-6,8-11,14H,4,7,12-13H2,1H3. The Morgan fingerprint density at radius 3 is 2.71 bits per heavy atom. The number of hydrogen-bond donors (Lipinski definition) is 0. The Labute approximate surface area is 182 Å². The molecule has 2 aromatic carbocycles. The van der Waals surface area contributed by atoms with Crippen LogP contribution in [0.25, 0.3) is 0 Å². The highest BCUT2D eigenvalue weighted by Crippen LogP contribution is 2.26. The fraction of sp³-hybridized carbons (Fsp3) is 0.273. The van der Waals surface area contributed by atoms with E-state index in [0.717, 1.165) is 23.9 Å². The Hall–Kier alpha value is -3.20. The molecule has 0 aliphatic carbocycles. The number of benzene rings is 2. The van der Waals surface area contributed by atoms with E-state index in [0.29, 0.717) is 18.5 Å². The summed E-state index contributed by atoms with van der Waals surface area (Å²) < 4.78 is 24.8. The van der Waals surface area contributed by atoms with E-state index in [-0.39, 0.29) is 34.3 Å². The van der Waals surface area contributed by atoms with E-state index in [4.69, 9.17) is 9.15 Å². The van der Waals surface area contributed by atoms with Crippen LogP contribution in [0.4, 0.5) is 10.1 Å². The van der Waals surface area contributed by atoms with Crippen LogP contribution < -0.4 is 9.64 Å². The number of carbonyl (C=O) groups is 2. The number of nitrogens with zero attached hydrogens (tertiary/aromatic N) is 3. The average Bonchev–Trinajstić information content (AvgIpc) is 3.43. The van der Waals surface area contributed by atoms with Crippen molar-refractivity contribution in [1.82, 2.24) is 10.2 Å². The van der Waals surface area contributed by atoms with Crippen molar-refractivity contribution in [3.05, 3.63) is 65.8 Å². The van der Waals surface area contributed by atoms with Gasteiger partial charge >= 0.3 is 0 Å². The minimum atomic E-state index is -0.643. The molecule has 0 radical (unpaired) electrons. The van der Waals surface area contributed by atoms with Gasteiger partial charge in [0.25, 0.3) is 11.1 Å². The predicted octanol–water partition coefficient (Wildman–Crippen LogP) is 4.45. The number of Topliss-reactive ketones (excluding diaryl/α,β-unsaturated/α-hetero) is 1. The Morgan fingerprint density at radius 2 is 2.00 bits per heavy atom. The molecule has 7 nitrogen and oxygen atoms in total. The summed E-state index contributed by atoms with van der Waals surface area (Å²) in [7, 11) is 0. The van der Waals surface area contributed by atoms with Gasteiger partial charge in [-0.05, 0) is 49.7 Å². The lowest BCUT2D eigenvalue weighted by Crippen LogP contribution is -2.23. The number of thioether (sulfide) groups is 1. The maximum atomic E-state index is 13.7. The summed E-state index contributed by atoms with van der Waals surface area (Å²) in [6, 6.07) is 13.1. The van der Waals surface area contributed by atoms with Crippen LogP contribution in [0.3, 0.4) is 0 Å². The first-order valence-electron chi connectivity index (χ1n) is 9.82. The summed E-state index contributed by atoms with van der Waals surface area (Å²) in [5, 5.41) is 8.07. The van der Waals surface area contributed by atoms with Crippen LogP contribution in [0.15, 0.2) is 58.2 Å². The number of para-hydroxylation sites is 1. The Balaban J connectivity index is 1.32. The maximum absolute atomic E-state index is 13.7. The zero-order valence-electron chi connectivity index (χ0n) is 16.8. The van der Waals surface area contributed by atoms with Gasteiger partial charge in [-0.2, -0.15) is 0 Å². The molecule has 160 valence electrons. The van der Waals surface area contributed by atoms with Crippen LogP contribution in [0, 0.1) is 5.82 Å². The summed E-state index contributed by atoms with van der Waals surface area (Å²) >= 11 is 1.12. The third-order valence-corrected chi connectivity index (χ3v) is 5.63. The Bertz CT molecular complexity index is 1090. The first-order chi connectivity index (χ1) is 15.0. The molecule has 31 heavy (non-hydrogen) atoms. The van der Waals surface area contributed by atoms with Crippen molar-refractivity contribution >= 4 is 29.1 Å². The molecule has 0 saturated carbocycles. The molecule has 1 aliphatic heterocycles. The number of hydrogen-bond acceptors (Lipinski definition) is 7. The highest BCUT2D eigenvalue weighted by atomic mass is 32.2. The third kappa shape index (κ3) is 4.93. The molecule has 4 rings (SSSR count). The van der Waals surface area contributed by atoms with Gasteiger partial charge in [0.15, 0.2) is 23.5 Å². The Kier molecular flexibility index (Phi) is 6.31. The monoisotopic (exact) mass is 441 g/mol. The normalized spacial score (nSPS) is 14.6. The van der Waals surface area contributed by atoms with Crippen molar-refractivity contribution in [2.24, 2.45) is 0 Å². The lowest BCUT2D eigenvalue weighted by Gasteiger charge is -2.15. The molecule has 1 amide bonds. The van der Waals surface area contributed by atoms with Gasteiger partial charge in [-0.3, -0.25) is 9.59 Å². The zero-order chi connectivity index (χ0) is 21.8. The summed E-state index contributed by atoms with van der Waals surface area (Å²) in [6.07, 6.45) is 0.773. The molecule has 1 unspecified atom stereocenters. The maximum Gasteiger partial charge on any atom is 0.277 e. The van der Waals surface area contributed by atoms with Crippen molar-refractivity contribution in [3.63, 3.8) is 0 Å². The highest BCUT2D eigenvalue weighted by Gasteiger charge is 2.22. The van der Waals surface area contributed by atoms with Gasteiger partial charge in [-0.1, -0.05) is 23.9 Å². The molecule has 1 aliphatic rings. The Morgan fingerprint density at radius 1 is 1.23 bits per heavy atom. The number of rotatable bonds is 8. The van der Waals surface area contributed by atoms with Gasteiger partial charge in [0.1, 0.15) is 0 Å². The topological polar surface area (TPSA) is 85.5 Å². The molecule has 1 aromatic heterocycles. The number of carbonyl (C=O) groups excluding carboxylic acids is 2.